The topological polar surface area (TPSA) is 52.6 Å². The fourth-order valence-corrected chi connectivity index (χ4v) is 7.34. The molecular formula is C19H15F3O4S2. The second-order valence-electron chi connectivity index (χ2n) is 5.50. The van der Waals surface area contributed by atoms with Crippen LogP contribution in [0.5, 0.6) is 0 Å². The van der Waals surface area contributed by atoms with E-state index in [1.54, 1.807) is 91.0 Å². The molecule has 0 aliphatic rings. The van der Waals surface area contributed by atoms with Gasteiger partial charge in [-0.1, -0.05) is 54.6 Å². The van der Waals surface area contributed by atoms with Gasteiger partial charge in [0.25, 0.3) is 0 Å². The van der Waals surface area contributed by atoms with E-state index < -0.39 is 27.1 Å². The molecule has 0 fully saturated rings. The highest BCUT2D eigenvalue weighted by Gasteiger charge is 2.44. The molecule has 0 aromatic heterocycles. The van der Waals surface area contributed by atoms with E-state index >= 15 is 0 Å². The Labute approximate surface area is 162 Å². The van der Waals surface area contributed by atoms with Crippen molar-refractivity contribution >= 4 is 20.7 Å². The molecule has 0 heterocycles. The molecule has 0 saturated heterocycles. The first-order valence-corrected chi connectivity index (χ1v) is 10.8. The molecule has 0 N–H and O–H groups in total. The van der Waals surface area contributed by atoms with Gasteiger partial charge in [0, 0.05) is 14.7 Å². The van der Waals surface area contributed by atoms with Crippen LogP contribution in [0.4, 0.5) is 13.2 Å². The van der Waals surface area contributed by atoms with Crippen LogP contribution < -0.4 is 0 Å². The predicted octanol–water partition coefficient (Wildman–Crippen LogP) is 5.68. The minimum Gasteiger partial charge on any atom is -0.184 e. The lowest BCUT2D eigenvalue weighted by atomic mass is 10.4. The summed E-state index contributed by atoms with van der Waals surface area (Å²) < 4.78 is 71.1. The molecule has 3 rings (SSSR count). The average Bonchev–Trinajstić information content (AvgIpc) is 2.66. The molecule has 4 nitrogen and oxygen atoms in total. The van der Waals surface area contributed by atoms with Gasteiger partial charge in [0.2, 0.25) is 0 Å². The van der Waals surface area contributed by atoms with Crippen molar-refractivity contribution in [2.45, 2.75) is 21.0 Å². The standard InChI is InChI=1S/C19H15F3O4S2/c20-19(21,22)25-28(23,24)26-27(16-10-4-1-5-11-16,17-12-6-2-7-13-17)18-14-8-3-9-15-18/h1-15H. The quantitative estimate of drug-likeness (QED) is 0.507. The zero-order valence-corrected chi connectivity index (χ0v) is 15.9. The van der Waals surface area contributed by atoms with Crippen molar-refractivity contribution in [3.63, 3.8) is 0 Å². The number of benzene rings is 3. The SMILES string of the molecule is O=S(=O)(OC(F)(F)F)OS(c1ccccc1)(c1ccccc1)c1ccccc1. The van der Waals surface area contributed by atoms with E-state index in [9.17, 15) is 21.6 Å². The van der Waals surface area contributed by atoms with Crippen LogP contribution in [0.15, 0.2) is 106 Å². The van der Waals surface area contributed by atoms with E-state index in [-0.39, 0.29) is 0 Å². The third-order valence-corrected chi connectivity index (χ3v) is 8.29. The van der Waals surface area contributed by atoms with E-state index in [0.717, 1.165) is 0 Å². The van der Waals surface area contributed by atoms with Gasteiger partial charge in [-0.05, 0) is 46.7 Å². The van der Waals surface area contributed by atoms with Crippen molar-refractivity contribution in [2.24, 2.45) is 0 Å². The molecule has 0 radical (unpaired) electrons. The Morgan fingerprint density at radius 1 is 0.607 bits per heavy atom. The highest BCUT2D eigenvalue weighted by atomic mass is 32.3. The second-order valence-corrected chi connectivity index (χ2v) is 9.55. The number of hydrogen-bond acceptors (Lipinski definition) is 4. The maximum Gasteiger partial charge on any atom is 0.538 e. The zero-order valence-electron chi connectivity index (χ0n) is 14.2. The van der Waals surface area contributed by atoms with Crippen LogP contribution >= 0.6 is 10.3 Å². The van der Waals surface area contributed by atoms with Crippen LogP contribution in [-0.4, -0.2) is 14.8 Å². The Hall–Kier alpha value is -2.33. The van der Waals surface area contributed by atoms with E-state index in [0.29, 0.717) is 14.7 Å². The minimum absolute atomic E-state index is 0.404. The summed E-state index contributed by atoms with van der Waals surface area (Å²) in [6.07, 6.45) is -5.41. The molecule has 3 aromatic carbocycles. The predicted molar refractivity (Wildman–Crippen MR) is 98.9 cm³/mol. The highest BCUT2D eigenvalue weighted by molar-refractivity contribution is 8.32. The van der Waals surface area contributed by atoms with E-state index in [2.05, 4.69) is 4.18 Å². The zero-order chi connectivity index (χ0) is 20.3. The summed E-state index contributed by atoms with van der Waals surface area (Å²) in [4.78, 5) is 1.21. The lowest BCUT2D eigenvalue weighted by molar-refractivity contribution is -0.274. The van der Waals surface area contributed by atoms with Crippen molar-refractivity contribution in [3.05, 3.63) is 91.0 Å². The van der Waals surface area contributed by atoms with Crippen LogP contribution in [0, 0.1) is 0 Å². The second kappa shape index (κ2) is 7.96. The van der Waals surface area contributed by atoms with Gasteiger partial charge >= 0.3 is 16.8 Å². The maximum atomic E-state index is 12.7. The Balaban J connectivity index is 2.29. The molecule has 0 aliphatic carbocycles. The summed E-state index contributed by atoms with van der Waals surface area (Å²) >= 11 is 0. The van der Waals surface area contributed by atoms with Gasteiger partial charge in [0.1, 0.15) is 0 Å². The Kier molecular flexibility index (Phi) is 5.80. The summed E-state index contributed by atoms with van der Waals surface area (Å²) in [7, 11) is -8.50. The summed E-state index contributed by atoms with van der Waals surface area (Å²) in [6, 6.07) is 24.7. The van der Waals surface area contributed by atoms with Gasteiger partial charge in [0.05, 0.1) is 0 Å². The fraction of sp³-hybridized carbons (Fsp3) is 0.0526. The largest absolute Gasteiger partial charge is 0.538 e. The average molecular weight is 428 g/mol. The van der Waals surface area contributed by atoms with E-state index in [1.807, 2.05) is 0 Å². The van der Waals surface area contributed by atoms with Crippen molar-refractivity contribution in [1.29, 1.82) is 0 Å². The number of alkyl halides is 3. The van der Waals surface area contributed by atoms with Crippen LogP contribution in [0.2, 0.25) is 0 Å². The van der Waals surface area contributed by atoms with Crippen LogP contribution in [0.25, 0.3) is 0 Å². The van der Waals surface area contributed by atoms with Crippen LogP contribution in [0.3, 0.4) is 0 Å². The Morgan fingerprint density at radius 2 is 0.929 bits per heavy atom. The Bertz CT molecular complexity index is 913. The van der Waals surface area contributed by atoms with E-state index in [1.165, 1.54) is 0 Å². The molecule has 0 unspecified atom stereocenters. The molecule has 148 valence electrons. The summed E-state index contributed by atoms with van der Waals surface area (Å²) in [5.41, 5.74) is 0. The molecule has 0 spiro atoms. The van der Waals surface area contributed by atoms with Crippen LogP contribution in [-0.2, 0) is 18.2 Å². The van der Waals surface area contributed by atoms with Crippen molar-refractivity contribution in [2.75, 3.05) is 0 Å². The molecule has 0 bridgehead atoms. The third kappa shape index (κ3) is 4.56. The third-order valence-electron chi connectivity index (χ3n) is 3.61. The first-order valence-electron chi connectivity index (χ1n) is 7.95. The smallest absolute Gasteiger partial charge is 0.184 e. The number of halogens is 3. The van der Waals surface area contributed by atoms with Gasteiger partial charge < -0.3 is 0 Å². The monoisotopic (exact) mass is 428 g/mol. The molecule has 0 atom stereocenters. The normalized spacial score (nSPS) is 13.2. The van der Waals surface area contributed by atoms with Gasteiger partial charge in [0.15, 0.2) is 0 Å². The van der Waals surface area contributed by atoms with Gasteiger partial charge in [-0.2, -0.15) is 12.0 Å². The molecule has 28 heavy (non-hydrogen) atoms. The summed E-state index contributed by atoms with van der Waals surface area (Å²) in [5, 5.41) is 0. The maximum absolute atomic E-state index is 12.7. The molecule has 3 aromatic rings. The molecule has 9 heteroatoms. The summed E-state index contributed by atoms with van der Waals surface area (Å²) in [6.45, 7) is 0. The lowest BCUT2D eigenvalue weighted by Gasteiger charge is -2.38. The summed E-state index contributed by atoms with van der Waals surface area (Å²) in [5.74, 6) is 0. The number of rotatable bonds is 6. The van der Waals surface area contributed by atoms with E-state index in [4.69, 9.17) is 3.63 Å². The molecule has 0 aliphatic heterocycles. The van der Waals surface area contributed by atoms with Gasteiger partial charge in [-0.15, -0.1) is 17.4 Å². The molecular weight excluding hydrogens is 413 g/mol. The van der Waals surface area contributed by atoms with Gasteiger partial charge in [-0.3, -0.25) is 0 Å². The van der Waals surface area contributed by atoms with Crippen molar-refractivity contribution in [1.82, 2.24) is 0 Å². The molecule has 0 amide bonds. The highest BCUT2D eigenvalue weighted by Crippen LogP contribution is 2.70. The van der Waals surface area contributed by atoms with Gasteiger partial charge in [-0.25, -0.2) is 0 Å². The minimum atomic E-state index is -5.43. The first-order chi connectivity index (χ1) is 13.2. The first kappa shape index (κ1) is 20.4. The van der Waals surface area contributed by atoms with Crippen LogP contribution in [0.1, 0.15) is 0 Å². The van der Waals surface area contributed by atoms with Crippen molar-refractivity contribution in [3.8, 4) is 0 Å². The fourth-order valence-electron chi connectivity index (χ4n) is 2.62. The Morgan fingerprint density at radius 3 is 1.21 bits per heavy atom. The van der Waals surface area contributed by atoms with Crippen molar-refractivity contribution < 1.29 is 29.4 Å². The lowest BCUT2D eigenvalue weighted by Crippen LogP contribution is -2.23. The number of hydrogen-bond donors (Lipinski definition) is 0. The molecule has 0 saturated carbocycles.